The fourth-order valence-electron chi connectivity index (χ4n) is 4.73. The van der Waals surface area contributed by atoms with Gasteiger partial charge < -0.3 is 20.1 Å². The van der Waals surface area contributed by atoms with Gasteiger partial charge in [0.1, 0.15) is 12.6 Å². The average Bonchev–Trinajstić information content (AvgIpc) is 3.29. The van der Waals surface area contributed by atoms with E-state index in [0.29, 0.717) is 25.9 Å². The molecule has 2 fully saturated rings. The summed E-state index contributed by atoms with van der Waals surface area (Å²) in [6.07, 6.45) is 3.43. The molecule has 198 valence electrons. The zero-order valence-corrected chi connectivity index (χ0v) is 19.8. The van der Waals surface area contributed by atoms with Gasteiger partial charge in [0.2, 0.25) is 23.4 Å². The van der Waals surface area contributed by atoms with Crippen LogP contribution in [0.1, 0.15) is 51.9 Å². The zero-order valence-electron chi connectivity index (χ0n) is 19.8. The number of ketones is 1. The molecule has 1 saturated carbocycles. The van der Waals surface area contributed by atoms with Crippen LogP contribution < -0.4 is 10.1 Å². The van der Waals surface area contributed by atoms with Crippen LogP contribution in [0.3, 0.4) is 0 Å². The molecule has 0 aromatic heterocycles. The van der Waals surface area contributed by atoms with Crippen molar-refractivity contribution in [1.82, 2.24) is 10.2 Å². The molecule has 8 nitrogen and oxygen atoms in total. The summed E-state index contributed by atoms with van der Waals surface area (Å²) in [4.78, 5) is 51.0. The van der Waals surface area contributed by atoms with E-state index in [1.807, 2.05) is 6.92 Å². The first kappa shape index (κ1) is 27.4. The lowest BCUT2D eigenvalue weighted by atomic mass is 9.85. The van der Waals surface area contributed by atoms with Gasteiger partial charge in [-0.1, -0.05) is 19.8 Å². The van der Waals surface area contributed by atoms with Crippen LogP contribution in [0.15, 0.2) is 6.07 Å². The number of rotatable bonds is 9. The van der Waals surface area contributed by atoms with Crippen molar-refractivity contribution in [2.45, 2.75) is 57.9 Å². The van der Waals surface area contributed by atoms with Crippen molar-refractivity contribution >= 4 is 23.6 Å². The molecule has 2 aliphatic rings. The van der Waals surface area contributed by atoms with E-state index in [-0.39, 0.29) is 12.0 Å². The molecule has 3 rings (SSSR count). The maximum Gasteiger partial charge on any atom is 0.305 e. The molecular formula is C24H28F4N2O6. The van der Waals surface area contributed by atoms with Crippen LogP contribution in [0.25, 0.3) is 0 Å². The summed E-state index contributed by atoms with van der Waals surface area (Å²) in [6, 6.07) is -1.63. The number of halogens is 4. The molecule has 2 amide bonds. The van der Waals surface area contributed by atoms with Crippen LogP contribution in [0.5, 0.6) is 5.75 Å². The molecule has 1 saturated heterocycles. The van der Waals surface area contributed by atoms with Crippen molar-refractivity contribution in [3.8, 4) is 5.75 Å². The second-order valence-corrected chi connectivity index (χ2v) is 9.55. The van der Waals surface area contributed by atoms with Gasteiger partial charge in [0.05, 0.1) is 6.42 Å². The molecule has 0 unspecified atom stereocenters. The van der Waals surface area contributed by atoms with Gasteiger partial charge in [0.15, 0.2) is 23.2 Å². The summed E-state index contributed by atoms with van der Waals surface area (Å²) >= 11 is 0. The van der Waals surface area contributed by atoms with E-state index in [0.717, 1.165) is 25.7 Å². The summed E-state index contributed by atoms with van der Waals surface area (Å²) in [7, 11) is 0. The highest BCUT2D eigenvalue weighted by atomic mass is 19.2. The second-order valence-electron chi connectivity index (χ2n) is 9.55. The molecule has 0 radical (unpaired) electrons. The first-order valence-corrected chi connectivity index (χ1v) is 11.7. The van der Waals surface area contributed by atoms with Gasteiger partial charge in [-0.2, -0.15) is 8.78 Å². The number of carbonyl (C=O) groups excluding carboxylic acids is 3. The van der Waals surface area contributed by atoms with Crippen LogP contribution in [0, 0.1) is 34.6 Å². The lowest BCUT2D eigenvalue weighted by Crippen LogP contribution is -2.50. The Kier molecular flexibility index (Phi) is 8.57. The minimum Gasteiger partial charge on any atom is -0.481 e. The monoisotopic (exact) mass is 516 g/mol. The van der Waals surface area contributed by atoms with Crippen LogP contribution in [0.2, 0.25) is 0 Å². The zero-order chi connectivity index (χ0) is 26.6. The number of aliphatic carboxylic acids is 1. The minimum absolute atomic E-state index is 0.0280. The maximum atomic E-state index is 13.8. The first-order chi connectivity index (χ1) is 16.9. The van der Waals surface area contributed by atoms with E-state index in [4.69, 9.17) is 5.11 Å². The fourth-order valence-corrected chi connectivity index (χ4v) is 4.73. The molecule has 1 aromatic rings. The smallest absolute Gasteiger partial charge is 0.305 e. The molecule has 1 aliphatic heterocycles. The Balaban J connectivity index is 1.59. The topological polar surface area (TPSA) is 113 Å². The van der Waals surface area contributed by atoms with Gasteiger partial charge in [-0.3, -0.25) is 19.2 Å². The SMILES string of the molecule is CC1(C(=O)N2CCC(C(=O)N[C@@H](CC(=O)O)C(=O)COc3c(F)c(F)cc(F)c3F)CC2)CCCC1. The Hall–Kier alpha value is -3.18. The minimum atomic E-state index is -1.85. The molecule has 0 spiro atoms. The van der Waals surface area contributed by atoms with E-state index >= 15 is 0 Å². The fraction of sp³-hybridized carbons (Fsp3) is 0.583. The van der Waals surface area contributed by atoms with Gasteiger partial charge in [-0.25, -0.2) is 8.78 Å². The third kappa shape index (κ3) is 6.14. The number of hydrogen-bond donors (Lipinski definition) is 2. The van der Waals surface area contributed by atoms with E-state index in [1.165, 1.54) is 0 Å². The predicted octanol–water partition coefficient (Wildman–Crippen LogP) is 2.97. The summed E-state index contributed by atoms with van der Waals surface area (Å²) < 4.78 is 58.8. The van der Waals surface area contributed by atoms with Gasteiger partial charge >= 0.3 is 5.97 Å². The van der Waals surface area contributed by atoms with Gasteiger partial charge in [0, 0.05) is 30.5 Å². The molecule has 1 aliphatic carbocycles. The number of carboxylic acid groups (broad SMARTS) is 1. The Morgan fingerprint density at radius 2 is 1.64 bits per heavy atom. The Morgan fingerprint density at radius 1 is 1.08 bits per heavy atom. The summed E-state index contributed by atoms with van der Waals surface area (Å²) in [5, 5.41) is 11.4. The highest BCUT2D eigenvalue weighted by molar-refractivity contribution is 5.93. The highest BCUT2D eigenvalue weighted by Crippen LogP contribution is 2.39. The van der Waals surface area contributed by atoms with Gasteiger partial charge in [0.25, 0.3) is 0 Å². The normalized spacial score (nSPS) is 18.5. The number of amides is 2. The van der Waals surface area contributed by atoms with Gasteiger partial charge in [-0.05, 0) is 25.7 Å². The lowest BCUT2D eigenvalue weighted by Gasteiger charge is -2.36. The van der Waals surface area contributed by atoms with Crippen molar-refractivity contribution in [2.75, 3.05) is 19.7 Å². The van der Waals surface area contributed by atoms with E-state index in [2.05, 4.69) is 10.1 Å². The van der Waals surface area contributed by atoms with Crippen LogP contribution in [0.4, 0.5) is 17.6 Å². The summed E-state index contributed by atoms with van der Waals surface area (Å²) in [5.41, 5.74) is -0.391. The molecule has 1 atom stereocenters. The Labute approximate surface area is 205 Å². The van der Waals surface area contributed by atoms with Crippen molar-refractivity contribution < 1.29 is 46.6 Å². The van der Waals surface area contributed by atoms with E-state index in [9.17, 15) is 36.7 Å². The van der Waals surface area contributed by atoms with Crippen LogP contribution >= 0.6 is 0 Å². The number of hydrogen-bond acceptors (Lipinski definition) is 5. The van der Waals surface area contributed by atoms with Gasteiger partial charge in [-0.15, -0.1) is 0 Å². The summed E-state index contributed by atoms with van der Waals surface area (Å²) in [5.74, 6) is -12.3. The largest absolute Gasteiger partial charge is 0.481 e. The third-order valence-electron chi connectivity index (χ3n) is 6.89. The maximum absolute atomic E-state index is 13.8. The number of nitrogens with one attached hydrogen (secondary N) is 1. The lowest BCUT2D eigenvalue weighted by molar-refractivity contribution is -0.145. The second kappa shape index (κ2) is 11.3. The highest BCUT2D eigenvalue weighted by Gasteiger charge is 2.41. The standard InChI is InChI=1S/C24H28F4N2O6/c1-24(6-2-3-7-24)23(35)30-8-4-13(5-9-30)22(34)29-16(11-18(32)33)17(31)12-36-21-19(27)14(25)10-15(26)20(21)28/h10,13,16H,2-9,11-12H2,1H3,(H,29,34)(H,32,33)/t16-/m0/s1. The number of carbonyl (C=O) groups is 4. The number of piperidine rings is 1. The molecule has 12 heteroatoms. The first-order valence-electron chi connectivity index (χ1n) is 11.7. The molecule has 2 N–H and O–H groups in total. The van der Waals surface area contributed by atoms with Crippen molar-refractivity contribution in [3.05, 3.63) is 29.3 Å². The van der Waals surface area contributed by atoms with E-state index < -0.39 is 77.1 Å². The summed E-state index contributed by atoms with van der Waals surface area (Å²) in [6.45, 7) is 1.50. The number of carboxylic acids is 1. The quantitative estimate of drug-likeness (QED) is 0.386. The van der Waals surface area contributed by atoms with Crippen molar-refractivity contribution in [1.29, 1.82) is 0 Å². The van der Waals surface area contributed by atoms with Crippen molar-refractivity contribution in [3.63, 3.8) is 0 Å². The molecule has 1 heterocycles. The number of Topliss-reactive ketones (excluding diaryl/α,β-unsaturated/α-hetero) is 1. The number of ether oxygens (including phenoxy) is 1. The Morgan fingerprint density at radius 3 is 2.17 bits per heavy atom. The average molecular weight is 516 g/mol. The van der Waals surface area contributed by atoms with E-state index in [1.54, 1.807) is 4.90 Å². The molecule has 36 heavy (non-hydrogen) atoms. The molecule has 0 bridgehead atoms. The predicted molar refractivity (Wildman–Crippen MR) is 117 cm³/mol. The number of nitrogens with zero attached hydrogens (tertiary/aromatic N) is 1. The Bertz CT molecular complexity index is 1010. The number of likely N-dealkylation sites (tertiary alicyclic amines) is 1. The molecular weight excluding hydrogens is 488 g/mol. The third-order valence-corrected chi connectivity index (χ3v) is 6.89. The van der Waals surface area contributed by atoms with Crippen LogP contribution in [-0.2, 0) is 19.2 Å². The number of benzene rings is 1. The molecule has 1 aromatic carbocycles. The van der Waals surface area contributed by atoms with Crippen LogP contribution in [-0.4, -0.2) is 59.3 Å². The van der Waals surface area contributed by atoms with Crippen molar-refractivity contribution in [2.24, 2.45) is 11.3 Å².